The lowest BCUT2D eigenvalue weighted by atomic mass is 10.0. The second-order valence-corrected chi connectivity index (χ2v) is 7.09. The second-order valence-electron chi connectivity index (χ2n) is 7.09. The zero-order chi connectivity index (χ0) is 19.4. The largest absolute Gasteiger partial charge is 0.497 e. The summed E-state index contributed by atoms with van der Waals surface area (Å²) in [6.07, 6.45) is 4.59. The van der Waals surface area contributed by atoms with Gasteiger partial charge in [-0.2, -0.15) is 0 Å². The van der Waals surface area contributed by atoms with E-state index in [2.05, 4.69) is 22.8 Å². The number of guanidine groups is 1. The third-order valence-corrected chi connectivity index (χ3v) is 4.97. The van der Waals surface area contributed by atoms with Gasteiger partial charge < -0.3 is 24.8 Å². The van der Waals surface area contributed by atoms with Crippen LogP contribution in [0.15, 0.2) is 29.3 Å². The van der Waals surface area contributed by atoms with Crippen LogP contribution in [0.2, 0.25) is 0 Å². The van der Waals surface area contributed by atoms with Crippen LogP contribution in [-0.2, 0) is 16.0 Å². The lowest BCUT2D eigenvalue weighted by molar-refractivity contribution is 0.145. The molecule has 1 aliphatic carbocycles. The summed E-state index contributed by atoms with van der Waals surface area (Å²) in [4.78, 5) is 4.76. The lowest BCUT2D eigenvalue weighted by Gasteiger charge is -2.18. The third-order valence-electron chi connectivity index (χ3n) is 4.97. The predicted molar refractivity (Wildman–Crippen MR) is 109 cm³/mol. The van der Waals surface area contributed by atoms with E-state index in [0.717, 1.165) is 63.0 Å². The maximum Gasteiger partial charge on any atom is 0.191 e. The van der Waals surface area contributed by atoms with E-state index in [1.54, 1.807) is 14.2 Å². The molecule has 6 nitrogen and oxygen atoms in total. The molecule has 1 fully saturated rings. The van der Waals surface area contributed by atoms with Gasteiger partial charge in [0.2, 0.25) is 0 Å². The molecule has 1 aromatic rings. The Hall–Kier alpha value is -1.79. The first-order valence-electron chi connectivity index (χ1n) is 9.93. The Morgan fingerprint density at radius 1 is 1.11 bits per heavy atom. The van der Waals surface area contributed by atoms with E-state index in [0.29, 0.717) is 12.0 Å². The highest BCUT2D eigenvalue weighted by Crippen LogP contribution is 2.48. The minimum absolute atomic E-state index is 0.379. The van der Waals surface area contributed by atoms with Crippen molar-refractivity contribution in [3.05, 3.63) is 29.8 Å². The number of nitrogens with zero attached hydrogens (tertiary/aromatic N) is 1. The Balaban J connectivity index is 1.87. The van der Waals surface area contributed by atoms with Crippen molar-refractivity contribution in [3.8, 4) is 5.75 Å². The summed E-state index contributed by atoms with van der Waals surface area (Å²) >= 11 is 0. The van der Waals surface area contributed by atoms with Crippen LogP contribution in [0.3, 0.4) is 0 Å². The molecule has 1 aliphatic rings. The Kier molecular flexibility index (Phi) is 9.42. The zero-order valence-corrected chi connectivity index (χ0v) is 17.1. The topological polar surface area (TPSA) is 64.1 Å². The molecule has 0 aromatic heterocycles. The maximum atomic E-state index is 5.41. The Bertz CT molecular complexity index is 556. The molecule has 0 heterocycles. The molecule has 0 radical (unpaired) electrons. The summed E-state index contributed by atoms with van der Waals surface area (Å²) in [6.45, 7) is 6.80. The quantitative estimate of drug-likeness (QED) is 0.314. The van der Waals surface area contributed by atoms with Gasteiger partial charge in [0, 0.05) is 40.0 Å². The van der Waals surface area contributed by atoms with Crippen molar-refractivity contribution in [2.45, 2.75) is 39.2 Å². The summed E-state index contributed by atoms with van der Waals surface area (Å²) in [7, 11) is 3.45. The van der Waals surface area contributed by atoms with Crippen molar-refractivity contribution in [2.75, 3.05) is 47.1 Å². The smallest absolute Gasteiger partial charge is 0.191 e. The molecule has 27 heavy (non-hydrogen) atoms. The van der Waals surface area contributed by atoms with Gasteiger partial charge in [-0.05, 0) is 55.7 Å². The van der Waals surface area contributed by atoms with Crippen LogP contribution < -0.4 is 15.4 Å². The van der Waals surface area contributed by atoms with E-state index >= 15 is 0 Å². The molecule has 0 spiro atoms. The van der Waals surface area contributed by atoms with Gasteiger partial charge >= 0.3 is 0 Å². The van der Waals surface area contributed by atoms with Gasteiger partial charge in [-0.1, -0.05) is 12.1 Å². The molecular weight excluding hydrogens is 342 g/mol. The van der Waals surface area contributed by atoms with Gasteiger partial charge in [-0.25, -0.2) is 4.99 Å². The number of nitrogens with one attached hydrogen (secondary N) is 2. The molecule has 152 valence electrons. The Morgan fingerprint density at radius 2 is 1.89 bits per heavy atom. The van der Waals surface area contributed by atoms with E-state index in [1.165, 1.54) is 12.8 Å². The van der Waals surface area contributed by atoms with Gasteiger partial charge in [0.1, 0.15) is 5.75 Å². The molecule has 0 amide bonds. The van der Waals surface area contributed by atoms with E-state index in [4.69, 9.17) is 19.2 Å². The first kappa shape index (κ1) is 21.5. The zero-order valence-electron chi connectivity index (χ0n) is 17.1. The standard InChI is InChI=1S/C21H35N3O3/c1-4-27-14-5-13-22-20(24-17-21(10-11-21)12-15-25-2)23-16-18-6-8-19(26-3)9-7-18/h6-9H,4-5,10-17H2,1-3H3,(H2,22,23,24). The molecule has 0 bridgehead atoms. The van der Waals surface area contributed by atoms with E-state index < -0.39 is 0 Å². The average Bonchev–Trinajstić information content (AvgIpc) is 3.48. The van der Waals surface area contributed by atoms with Crippen LogP contribution in [0.4, 0.5) is 0 Å². The number of benzene rings is 1. The normalized spacial score (nSPS) is 15.4. The van der Waals surface area contributed by atoms with E-state index in [9.17, 15) is 0 Å². The fourth-order valence-corrected chi connectivity index (χ4v) is 2.88. The molecule has 6 heteroatoms. The number of methoxy groups -OCH3 is 2. The van der Waals surface area contributed by atoms with Crippen molar-refractivity contribution >= 4 is 5.96 Å². The number of hydrogen-bond acceptors (Lipinski definition) is 4. The highest BCUT2D eigenvalue weighted by molar-refractivity contribution is 5.79. The van der Waals surface area contributed by atoms with Gasteiger partial charge in [0.25, 0.3) is 0 Å². The van der Waals surface area contributed by atoms with Gasteiger partial charge in [0.15, 0.2) is 5.96 Å². The van der Waals surface area contributed by atoms with Gasteiger partial charge in [-0.3, -0.25) is 0 Å². The van der Waals surface area contributed by atoms with Crippen LogP contribution in [0, 0.1) is 5.41 Å². The lowest BCUT2D eigenvalue weighted by Crippen LogP contribution is -2.41. The molecular formula is C21H35N3O3. The SMILES string of the molecule is CCOCCCNC(=NCc1ccc(OC)cc1)NCC1(CCOC)CC1. The highest BCUT2D eigenvalue weighted by Gasteiger charge is 2.41. The number of ether oxygens (including phenoxy) is 3. The van der Waals surface area contributed by atoms with Crippen LogP contribution in [0.25, 0.3) is 0 Å². The molecule has 2 N–H and O–H groups in total. The minimum atomic E-state index is 0.379. The Morgan fingerprint density at radius 3 is 2.52 bits per heavy atom. The van der Waals surface area contributed by atoms with Crippen molar-refractivity contribution in [3.63, 3.8) is 0 Å². The van der Waals surface area contributed by atoms with Crippen LogP contribution >= 0.6 is 0 Å². The van der Waals surface area contributed by atoms with E-state index in [1.807, 2.05) is 19.1 Å². The van der Waals surface area contributed by atoms with Gasteiger partial charge in [-0.15, -0.1) is 0 Å². The van der Waals surface area contributed by atoms with Crippen LogP contribution in [0.1, 0.15) is 38.2 Å². The summed E-state index contributed by atoms with van der Waals surface area (Å²) < 4.78 is 15.9. The molecule has 2 rings (SSSR count). The molecule has 0 aliphatic heterocycles. The molecule has 0 atom stereocenters. The van der Waals surface area contributed by atoms with Crippen molar-refractivity contribution in [1.82, 2.24) is 10.6 Å². The number of aliphatic imine (C=N–C) groups is 1. The van der Waals surface area contributed by atoms with Crippen molar-refractivity contribution in [1.29, 1.82) is 0 Å². The second kappa shape index (κ2) is 11.8. The van der Waals surface area contributed by atoms with Crippen LogP contribution in [0.5, 0.6) is 5.75 Å². The average molecular weight is 378 g/mol. The number of rotatable bonds is 13. The van der Waals surface area contributed by atoms with Crippen molar-refractivity contribution < 1.29 is 14.2 Å². The molecule has 1 aromatic carbocycles. The maximum absolute atomic E-state index is 5.41. The highest BCUT2D eigenvalue weighted by atomic mass is 16.5. The Labute approximate surface area is 163 Å². The summed E-state index contributed by atoms with van der Waals surface area (Å²) in [5.41, 5.74) is 1.54. The minimum Gasteiger partial charge on any atom is -0.497 e. The first-order valence-corrected chi connectivity index (χ1v) is 9.93. The summed E-state index contributed by atoms with van der Waals surface area (Å²) in [6, 6.07) is 8.04. The van der Waals surface area contributed by atoms with E-state index in [-0.39, 0.29) is 0 Å². The van der Waals surface area contributed by atoms with Gasteiger partial charge in [0.05, 0.1) is 13.7 Å². The predicted octanol–water partition coefficient (Wildman–Crippen LogP) is 2.97. The molecule has 0 unspecified atom stereocenters. The molecule has 0 saturated heterocycles. The first-order chi connectivity index (χ1) is 13.2. The van der Waals surface area contributed by atoms with Crippen LogP contribution in [-0.4, -0.2) is 53.1 Å². The third kappa shape index (κ3) is 8.18. The fraction of sp³-hybridized carbons (Fsp3) is 0.667. The monoisotopic (exact) mass is 377 g/mol. The molecule has 1 saturated carbocycles. The number of hydrogen-bond donors (Lipinski definition) is 2. The summed E-state index contributed by atoms with van der Waals surface area (Å²) in [5, 5.41) is 6.96. The summed E-state index contributed by atoms with van der Waals surface area (Å²) in [5.74, 6) is 1.73. The fourth-order valence-electron chi connectivity index (χ4n) is 2.88. The van der Waals surface area contributed by atoms with Crippen molar-refractivity contribution in [2.24, 2.45) is 10.4 Å².